The van der Waals surface area contributed by atoms with Gasteiger partial charge in [-0.25, -0.2) is 14.2 Å². The first-order chi connectivity index (χ1) is 10.2. The summed E-state index contributed by atoms with van der Waals surface area (Å²) in [5.41, 5.74) is 2.55. The lowest BCUT2D eigenvalue weighted by molar-refractivity contribution is -0.118. The molecule has 2 aromatic carbocycles. The van der Waals surface area contributed by atoms with E-state index >= 15 is 0 Å². The standard InChI is InChI=1S/C15H12F2N2OS/c16-12-6-2-1-5-11(12)9-18-19-15(20)10-21-14-8-4-3-7-13(14)17/h1-9H,10H2,(H,19,20)/b18-9+. The molecule has 0 bridgehead atoms. The van der Waals surface area contributed by atoms with Gasteiger partial charge >= 0.3 is 0 Å². The highest BCUT2D eigenvalue weighted by atomic mass is 32.2. The van der Waals surface area contributed by atoms with E-state index in [4.69, 9.17) is 0 Å². The highest BCUT2D eigenvalue weighted by Gasteiger charge is 2.05. The van der Waals surface area contributed by atoms with Crippen molar-refractivity contribution in [1.29, 1.82) is 0 Å². The second-order valence-electron chi connectivity index (χ2n) is 4.03. The number of halogens is 2. The summed E-state index contributed by atoms with van der Waals surface area (Å²) in [6, 6.07) is 12.3. The van der Waals surface area contributed by atoms with E-state index in [2.05, 4.69) is 10.5 Å². The van der Waals surface area contributed by atoms with Crippen LogP contribution >= 0.6 is 11.8 Å². The number of carbonyl (C=O) groups is 1. The topological polar surface area (TPSA) is 41.5 Å². The summed E-state index contributed by atoms with van der Waals surface area (Å²) in [5, 5.41) is 3.67. The fourth-order valence-corrected chi connectivity index (χ4v) is 2.22. The van der Waals surface area contributed by atoms with E-state index in [0.717, 1.165) is 11.8 Å². The summed E-state index contributed by atoms with van der Waals surface area (Å²) in [7, 11) is 0. The number of benzene rings is 2. The van der Waals surface area contributed by atoms with Crippen LogP contribution in [0.2, 0.25) is 0 Å². The Morgan fingerprint density at radius 1 is 1.10 bits per heavy atom. The molecule has 0 aromatic heterocycles. The fraction of sp³-hybridized carbons (Fsp3) is 0.0667. The Bertz CT molecular complexity index is 662. The molecule has 2 aromatic rings. The zero-order valence-corrected chi connectivity index (χ0v) is 11.7. The second kappa shape index (κ2) is 7.54. The van der Waals surface area contributed by atoms with Gasteiger partial charge in [0.15, 0.2) is 0 Å². The molecule has 3 nitrogen and oxygen atoms in total. The van der Waals surface area contributed by atoms with Crippen LogP contribution < -0.4 is 5.43 Å². The van der Waals surface area contributed by atoms with Crippen LogP contribution in [0.4, 0.5) is 8.78 Å². The first-order valence-corrected chi connectivity index (χ1v) is 7.09. The van der Waals surface area contributed by atoms with Crippen LogP contribution in [0.15, 0.2) is 58.5 Å². The van der Waals surface area contributed by atoms with E-state index in [-0.39, 0.29) is 17.1 Å². The molecule has 1 N–H and O–H groups in total. The molecule has 0 atom stereocenters. The highest BCUT2D eigenvalue weighted by molar-refractivity contribution is 8.00. The predicted octanol–water partition coefficient (Wildman–Crippen LogP) is 3.21. The van der Waals surface area contributed by atoms with Crippen LogP contribution in [0.1, 0.15) is 5.56 Å². The van der Waals surface area contributed by atoms with E-state index < -0.39 is 11.7 Å². The van der Waals surface area contributed by atoms with Crippen LogP contribution in [0.3, 0.4) is 0 Å². The number of hydrogen-bond acceptors (Lipinski definition) is 3. The lowest BCUT2D eigenvalue weighted by Crippen LogP contribution is -2.19. The average Bonchev–Trinajstić information content (AvgIpc) is 2.48. The van der Waals surface area contributed by atoms with Crippen molar-refractivity contribution in [2.75, 3.05) is 5.75 Å². The van der Waals surface area contributed by atoms with Crippen LogP contribution in [0, 0.1) is 11.6 Å². The Kier molecular flexibility index (Phi) is 5.45. The van der Waals surface area contributed by atoms with E-state index in [1.807, 2.05) is 0 Å². The number of nitrogens with zero attached hydrogens (tertiary/aromatic N) is 1. The molecule has 0 aliphatic heterocycles. The molecule has 0 aliphatic rings. The first kappa shape index (κ1) is 15.2. The zero-order valence-electron chi connectivity index (χ0n) is 10.9. The molecule has 6 heteroatoms. The van der Waals surface area contributed by atoms with Gasteiger partial charge in [-0.05, 0) is 18.2 Å². The number of thioether (sulfide) groups is 1. The molecule has 21 heavy (non-hydrogen) atoms. The summed E-state index contributed by atoms with van der Waals surface area (Å²) in [6.07, 6.45) is 1.22. The number of nitrogens with one attached hydrogen (secondary N) is 1. The van der Waals surface area contributed by atoms with Gasteiger partial charge in [0.2, 0.25) is 5.91 Å². The SMILES string of the molecule is O=C(CSc1ccccc1F)N/N=C/c1ccccc1F. The van der Waals surface area contributed by atoms with Gasteiger partial charge in [-0.1, -0.05) is 30.3 Å². The minimum atomic E-state index is -0.420. The third-order valence-electron chi connectivity index (χ3n) is 2.49. The molecule has 0 radical (unpaired) electrons. The Hall–Kier alpha value is -2.21. The van der Waals surface area contributed by atoms with E-state index in [0.29, 0.717) is 4.90 Å². The molecule has 0 aliphatic carbocycles. The molecule has 1 amide bonds. The van der Waals surface area contributed by atoms with Gasteiger partial charge in [0, 0.05) is 10.5 Å². The number of hydrazone groups is 1. The van der Waals surface area contributed by atoms with Crippen molar-refractivity contribution in [2.24, 2.45) is 5.10 Å². The largest absolute Gasteiger partial charge is 0.272 e. The van der Waals surface area contributed by atoms with Crippen LogP contribution in [-0.2, 0) is 4.79 Å². The van der Waals surface area contributed by atoms with Crippen molar-refractivity contribution in [3.05, 3.63) is 65.7 Å². The molecular weight excluding hydrogens is 294 g/mol. The van der Waals surface area contributed by atoms with E-state index in [9.17, 15) is 13.6 Å². The maximum atomic E-state index is 13.3. The normalized spacial score (nSPS) is 10.8. The Balaban J connectivity index is 1.83. The number of carbonyl (C=O) groups excluding carboxylic acids is 1. The van der Waals surface area contributed by atoms with E-state index in [1.165, 1.54) is 18.3 Å². The maximum Gasteiger partial charge on any atom is 0.250 e. The van der Waals surface area contributed by atoms with Gasteiger partial charge in [-0.3, -0.25) is 4.79 Å². The Morgan fingerprint density at radius 2 is 1.76 bits per heavy atom. The molecule has 0 fully saturated rings. The molecule has 0 heterocycles. The van der Waals surface area contributed by atoms with Gasteiger partial charge in [0.25, 0.3) is 0 Å². The van der Waals surface area contributed by atoms with Crippen molar-refractivity contribution in [1.82, 2.24) is 5.43 Å². The van der Waals surface area contributed by atoms with Crippen molar-refractivity contribution in [3.8, 4) is 0 Å². The summed E-state index contributed by atoms with van der Waals surface area (Å²) in [5.74, 6) is -1.16. The maximum absolute atomic E-state index is 13.3. The van der Waals surface area contributed by atoms with Crippen LogP contribution in [0.25, 0.3) is 0 Å². The van der Waals surface area contributed by atoms with E-state index in [1.54, 1.807) is 36.4 Å². The molecule has 0 saturated carbocycles. The third kappa shape index (κ3) is 4.68. The third-order valence-corrected chi connectivity index (χ3v) is 3.54. The zero-order chi connectivity index (χ0) is 15.1. The lowest BCUT2D eigenvalue weighted by Gasteiger charge is -2.02. The fourth-order valence-electron chi connectivity index (χ4n) is 1.49. The predicted molar refractivity (Wildman–Crippen MR) is 79.3 cm³/mol. The highest BCUT2D eigenvalue weighted by Crippen LogP contribution is 2.20. The number of rotatable bonds is 5. The summed E-state index contributed by atoms with van der Waals surface area (Å²) >= 11 is 1.07. The molecule has 108 valence electrons. The van der Waals surface area contributed by atoms with Gasteiger partial charge in [-0.15, -0.1) is 11.8 Å². The monoisotopic (exact) mass is 306 g/mol. The summed E-state index contributed by atoms with van der Waals surface area (Å²) < 4.78 is 26.6. The van der Waals surface area contributed by atoms with Crippen molar-refractivity contribution < 1.29 is 13.6 Å². The molecule has 0 unspecified atom stereocenters. The number of hydrogen-bond donors (Lipinski definition) is 1. The minimum absolute atomic E-state index is 0.0234. The molecular formula is C15H12F2N2OS. The summed E-state index contributed by atoms with van der Waals surface area (Å²) in [4.78, 5) is 11.9. The smallest absolute Gasteiger partial charge is 0.250 e. The van der Waals surface area contributed by atoms with Gasteiger partial charge in [0.05, 0.1) is 12.0 Å². The van der Waals surface area contributed by atoms with Gasteiger partial charge < -0.3 is 0 Å². The molecule has 0 saturated heterocycles. The summed E-state index contributed by atoms with van der Waals surface area (Å²) in [6.45, 7) is 0. The van der Waals surface area contributed by atoms with Gasteiger partial charge in [-0.2, -0.15) is 5.10 Å². The quantitative estimate of drug-likeness (QED) is 0.523. The van der Waals surface area contributed by atoms with Crippen molar-refractivity contribution in [3.63, 3.8) is 0 Å². The molecule has 2 rings (SSSR count). The Morgan fingerprint density at radius 3 is 2.48 bits per heavy atom. The number of amides is 1. The first-order valence-electron chi connectivity index (χ1n) is 6.10. The van der Waals surface area contributed by atoms with Crippen LogP contribution in [0.5, 0.6) is 0 Å². The van der Waals surface area contributed by atoms with Crippen LogP contribution in [-0.4, -0.2) is 17.9 Å². The minimum Gasteiger partial charge on any atom is -0.272 e. The molecule has 0 spiro atoms. The Labute approximate surface area is 125 Å². The van der Waals surface area contributed by atoms with Gasteiger partial charge in [0.1, 0.15) is 11.6 Å². The second-order valence-corrected chi connectivity index (χ2v) is 5.05. The van der Waals surface area contributed by atoms with Crippen molar-refractivity contribution in [2.45, 2.75) is 4.90 Å². The van der Waals surface area contributed by atoms with Crippen molar-refractivity contribution >= 4 is 23.9 Å². The lowest BCUT2D eigenvalue weighted by atomic mass is 10.2. The average molecular weight is 306 g/mol.